The molecule has 0 radical (unpaired) electrons. The molecule has 1 unspecified atom stereocenters. The van der Waals surface area contributed by atoms with Crippen molar-refractivity contribution in [2.45, 2.75) is 97.6 Å². The maximum atomic E-state index is 12.8. The molecule has 3 aromatic rings. The summed E-state index contributed by atoms with van der Waals surface area (Å²) in [4.78, 5) is 17.6. The van der Waals surface area contributed by atoms with Gasteiger partial charge in [0.15, 0.2) is 0 Å². The van der Waals surface area contributed by atoms with Crippen molar-refractivity contribution >= 4 is 16.9 Å². The minimum absolute atomic E-state index is 0.0555. The maximum Gasteiger partial charge on any atom is 0.251 e. The third-order valence-electron chi connectivity index (χ3n) is 6.47. The highest BCUT2D eigenvalue weighted by atomic mass is 16.1. The molecule has 0 spiro atoms. The Hall–Kier alpha value is -2.62. The molecule has 0 saturated carbocycles. The van der Waals surface area contributed by atoms with Gasteiger partial charge in [-0.15, -0.1) is 0 Å². The number of unbranched alkanes of at least 4 members (excludes halogenated alkanes) is 9. The van der Waals surface area contributed by atoms with E-state index in [1.165, 1.54) is 57.8 Å². The van der Waals surface area contributed by atoms with Gasteiger partial charge in [-0.1, -0.05) is 94.5 Å². The Morgan fingerprint density at radius 2 is 1.48 bits per heavy atom. The molecule has 1 heterocycles. The Balaban J connectivity index is 1.55. The highest BCUT2D eigenvalue weighted by Gasteiger charge is 2.19. The number of para-hydroxylation sites is 2. The van der Waals surface area contributed by atoms with Gasteiger partial charge in [-0.3, -0.25) is 4.79 Å². The second kappa shape index (κ2) is 13.2. The van der Waals surface area contributed by atoms with Crippen molar-refractivity contribution in [3.63, 3.8) is 0 Å². The summed E-state index contributed by atoms with van der Waals surface area (Å²) < 4.78 is 2.31. The molecule has 1 amide bonds. The first-order valence-electron chi connectivity index (χ1n) is 12.9. The average molecular weight is 448 g/mol. The van der Waals surface area contributed by atoms with Crippen LogP contribution in [0.5, 0.6) is 0 Å². The smallest absolute Gasteiger partial charge is 0.251 e. The number of carbonyl (C=O) groups is 1. The first-order chi connectivity index (χ1) is 16.1. The van der Waals surface area contributed by atoms with Gasteiger partial charge in [-0.05, 0) is 44.5 Å². The molecule has 0 aliphatic heterocycles. The highest BCUT2D eigenvalue weighted by Crippen LogP contribution is 2.22. The first-order valence-corrected chi connectivity index (χ1v) is 12.9. The molecule has 4 nitrogen and oxygen atoms in total. The van der Waals surface area contributed by atoms with Crippen LogP contribution in [0, 0.1) is 6.92 Å². The standard InChI is InChI=1S/C29H41N3O/c1-4-5-6-7-8-9-10-11-12-15-22-32-27-17-14-13-16-26(27)31-28(32)24(3)30-29(33)25-20-18-23(2)19-21-25/h13-14,16-21,24H,4-12,15,22H2,1-3H3,(H,30,33). The quantitative estimate of drug-likeness (QED) is 0.257. The molecule has 178 valence electrons. The van der Waals surface area contributed by atoms with E-state index >= 15 is 0 Å². The Kier molecular flexibility index (Phi) is 9.99. The Labute approximate surface area is 199 Å². The number of rotatable bonds is 14. The molecule has 4 heteroatoms. The number of aromatic nitrogens is 2. The number of nitrogens with zero attached hydrogens (tertiary/aromatic N) is 2. The molecule has 1 atom stereocenters. The number of imidazole rings is 1. The normalized spacial score (nSPS) is 12.2. The van der Waals surface area contributed by atoms with Crippen LogP contribution in [0.1, 0.15) is 106 Å². The number of amides is 1. The predicted molar refractivity (Wildman–Crippen MR) is 139 cm³/mol. The van der Waals surface area contributed by atoms with Crippen LogP contribution in [0.15, 0.2) is 48.5 Å². The summed E-state index contributed by atoms with van der Waals surface area (Å²) in [6, 6.07) is 15.8. The molecule has 0 aliphatic rings. The van der Waals surface area contributed by atoms with Crippen molar-refractivity contribution in [3.05, 3.63) is 65.5 Å². The average Bonchev–Trinajstić information content (AvgIpc) is 3.19. The van der Waals surface area contributed by atoms with Gasteiger partial charge in [0, 0.05) is 12.1 Å². The van der Waals surface area contributed by atoms with E-state index in [2.05, 4.69) is 35.0 Å². The fourth-order valence-electron chi connectivity index (χ4n) is 4.47. The van der Waals surface area contributed by atoms with Crippen LogP contribution < -0.4 is 5.32 Å². The Morgan fingerprint density at radius 1 is 0.879 bits per heavy atom. The van der Waals surface area contributed by atoms with Gasteiger partial charge in [-0.25, -0.2) is 4.98 Å². The summed E-state index contributed by atoms with van der Waals surface area (Å²) >= 11 is 0. The lowest BCUT2D eigenvalue weighted by atomic mass is 10.1. The zero-order chi connectivity index (χ0) is 23.5. The van der Waals surface area contributed by atoms with Crippen LogP contribution in [0.25, 0.3) is 11.0 Å². The number of fused-ring (bicyclic) bond motifs is 1. The fourth-order valence-corrected chi connectivity index (χ4v) is 4.47. The summed E-state index contributed by atoms with van der Waals surface area (Å²) in [6.07, 6.45) is 13.3. The number of nitrogens with one attached hydrogen (secondary N) is 1. The third kappa shape index (κ3) is 7.45. The van der Waals surface area contributed by atoms with Crippen LogP contribution in [-0.2, 0) is 6.54 Å². The zero-order valence-corrected chi connectivity index (χ0v) is 20.8. The summed E-state index contributed by atoms with van der Waals surface area (Å²) in [5.74, 6) is 0.882. The van der Waals surface area contributed by atoms with Crippen LogP contribution in [0.3, 0.4) is 0 Å². The van der Waals surface area contributed by atoms with E-state index in [0.29, 0.717) is 5.56 Å². The van der Waals surface area contributed by atoms with Crippen molar-refractivity contribution in [1.82, 2.24) is 14.9 Å². The van der Waals surface area contributed by atoms with E-state index in [-0.39, 0.29) is 11.9 Å². The molecule has 2 aromatic carbocycles. The van der Waals surface area contributed by atoms with Gasteiger partial charge < -0.3 is 9.88 Å². The van der Waals surface area contributed by atoms with Gasteiger partial charge in [-0.2, -0.15) is 0 Å². The largest absolute Gasteiger partial charge is 0.342 e. The molecule has 0 saturated heterocycles. The van der Waals surface area contributed by atoms with Gasteiger partial charge in [0.05, 0.1) is 17.1 Å². The minimum atomic E-state index is -0.158. The second-order valence-electron chi connectivity index (χ2n) is 9.35. The number of hydrogen-bond acceptors (Lipinski definition) is 2. The molecular weight excluding hydrogens is 406 g/mol. The second-order valence-corrected chi connectivity index (χ2v) is 9.35. The van der Waals surface area contributed by atoms with Crippen molar-refractivity contribution in [1.29, 1.82) is 0 Å². The highest BCUT2D eigenvalue weighted by molar-refractivity contribution is 5.94. The van der Waals surface area contributed by atoms with E-state index in [1.54, 1.807) is 0 Å². The number of aryl methyl sites for hydroxylation is 2. The molecule has 0 aliphatic carbocycles. The SMILES string of the molecule is CCCCCCCCCCCCn1c(C(C)NC(=O)c2ccc(C)cc2)nc2ccccc21. The molecule has 1 N–H and O–H groups in total. The van der Waals surface area contributed by atoms with E-state index in [9.17, 15) is 4.79 Å². The lowest BCUT2D eigenvalue weighted by Crippen LogP contribution is -2.28. The van der Waals surface area contributed by atoms with E-state index in [4.69, 9.17) is 4.98 Å². The van der Waals surface area contributed by atoms with Crippen LogP contribution in [0.4, 0.5) is 0 Å². The first kappa shape index (κ1) is 25.0. The van der Waals surface area contributed by atoms with Gasteiger partial charge in [0.25, 0.3) is 5.91 Å². The third-order valence-corrected chi connectivity index (χ3v) is 6.47. The van der Waals surface area contributed by atoms with Crippen LogP contribution in [-0.4, -0.2) is 15.5 Å². The fraction of sp³-hybridized carbons (Fsp3) is 0.517. The number of hydrogen-bond donors (Lipinski definition) is 1. The summed E-state index contributed by atoms with van der Waals surface area (Å²) in [5, 5.41) is 3.15. The van der Waals surface area contributed by atoms with Gasteiger partial charge in [0.1, 0.15) is 5.82 Å². The summed E-state index contributed by atoms with van der Waals surface area (Å²) in [5.41, 5.74) is 3.98. The monoisotopic (exact) mass is 447 g/mol. The zero-order valence-electron chi connectivity index (χ0n) is 20.8. The van der Waals surface area contributed by atoms with E-state index in [1.807, 2.05) is 44.2 Å². The van der Waals surface area contributed by atoms with Crippen molar-refractivity contribution in [2.24, 2.45) is 0 Å². The molecule has 3 rings (SSSR count). The predicted octanol–water partition coefficient (Wildman–Crippen LogP) is 7.76. The Bertz CT molecular complexity index is 990. The molecule has 1 aromatic heterocycles. The minimum Gasteiger partial charge on any atom is -0.342 e. The molecule has 33 heavy (non-hydrogen) atoms. The van der Waals surface area contributed by atoms with Gasteiger partial charge >= 0.3 is 0 Å². The van der Waals surface area contributed by atoms with E-state index in [0.717, 1.165) is 35.4 Å². The van der Waals surface area contributed by atoms with Crippen LogP contribution >= 0.6 is 0 Å². The lowest BCUT2D eigenvalue weighted by Gasteiger charge is -2.16. The van der Waals surface area contributed by atoms with Crippen LogP contribution in [0.2, 0.25) is 0 Å². The number of carbonyl (C=O) groups excluding carboxylic acids is 1. The lowest BCUT2D eigenvalue weighted by molar-refractivity contribution is 0.0937. The molecular formula is C29H41N3O. The Morgan fingerprint density at radius 3 is 2.15 bits per heavy atom. The van der Waals surface area contributed by atoms with Crippen molar-refractivity contribution in [2.75, 3.05) is 0 Å². The molecule has 0 fully saturated rings. The summed E-state index contributed by atoms with van der Waals surface area (Å²) in [7, 11) is 0. The topological polar surface area (TPSA) is 46.9 Å². The number of benzene rings is 2. The molecule has 0 bridgehead atoms. The maximum absolute atomic E-state index is 12.8. The van der Waals surface area contributed by atoms with Crippen molar-refractivity contribution in [3.8, 4) is 0 Å². The summed E-state index contributed by atoms with van der Waals surface area (Å²) in [6.45, 7) is 7.27. The van der Waals surface area contributed by atoms with Crippen molar-refractivity contribution < 1.29 is 4.79 Å². The van der Waals surface area contributed by atoms with Gasteiger partial charge in [0.2, 0.25) is 0 Å². The van der Waals surface area contributed by atoms with E-state index < -0.39 is 0 Å².